The maximum Gasteiger partial charge on any atom is 0.306 e. The van der Waals surface area contributed by atoms with Crippen LogP contribution >= 0.6 is 45.8 Å². The SMILES string of the molecule is O=C(NC1CCCC(C(=O)O)C1)c1cc(Cl)cc(Cl)c1I. The number of carboxylic acid groups (broad SMARTS) is 1. The number of carbonyl (C=O) groups excluding carboxylic acids is 1. The first-order valence-corrected chi connectivity index (χ1v) is 8.40. The predicted octanol–water partition coefficient (Wildman–Crippen LogP) is 3.97. The van der Waals surface area contributed by atoms with Crippen molar-refractivity contribution in [2.75, 3.05) is 0 Å². The molecule has 21 heavy (non-hydrogen) atoms. The van der Waals surface area contributed by atoms with Crippen molar-refractivity contribution in [2.45, 2.75) is 31.7 Å². The summed E-state index contributed by atoms with van der Waals surface area (Å²) in [5.74, 6) is -1.44. The smallest absolute Gasteiger partial charge is 0.306 e. The number of hydrogen-bond acceptors (Lipinski definition) is 2. The van der Waals surface area contributed by atoms with Gasteiger partial charge in [0.2, 0.25) is 0 Å². The number of aliphatic carboxylic acids is 1. The molecule has 1 saturated carbocycles. The van der Waals surface area contributed by atoms with E-state index in [0.29, 0.717) is 32.0 Å². The van der Waals surface area contributed by atoms with Crippen LogP contribution in [-0.4, -0.2) is 23.0 Å². The van der Waals surface area contributed by atoms with Crippen molar-refractivity contribution in [3.8, 4) is 0 Å². The number of rotatable bonds is 3. The van der Waals surface area contributed by atoms with Crippen molar-refractivity contribution in [3.63, 3.8) is 0 Å². The molecule has 1 aliphatic carbocycles. The lowest BCUT2D eigenvalue weighted by molar-refractivity contribution is -0.143. The molecule has 2 atom stereocenters. The fraction of sp³-hybridized carbons (Fsp3) is 0.429. The maximum atomic E-state index is 12.3. The molecule has 2 N–H and O–H groups in total. The van der Waals surface area contributed by atoms with Crippen LogP contribution in [-0.2, 0) is 4.79 Å². The summed E-state index contributed by atoms with van der Waals surface area (Å²) in [7, 11) is 0. The summed E-state index contributed by atoms with van der Waals surface area (Å²) >= 11 is 13.9. The zero-order chi connectivity index (χ0) is 15.6. The van der Waals surface area contributed by atoms with Crippen LogP contribution < -0.4 is 5.32 Å². The minimum Gasteiger partial charge on any atom is -0.481 e. The molecule has 7 heteroatoms. The average molecular weight is 442 g/mol. The highest BCUT2D eigenvalue weighted by Crippen LogP contribution is 2.28. The zero-order valence-electron chi connectivity index (χ0n) is 11.0. The second-order valence-corrected chi connectivity index (χ2v) is 7.04. The second kappa shape index (κ2) is 7.15. The Hall–Kier alpha value is -0.530. The molecule has 1 aliphatic rings. The molecule has 0 heterocycles. The Balaban J connectivity index is 2.10. The Labute approximate surface area is 146 Å². The van der Waals surface area contributed by atoms with E-state index in [1.807, 2.05) is 22.6 Å². The number of nitrogens with one attached hydrogen (secondary N) is 1. The van der Waals surface area contributed by atoms with E-state index in [0.717, 1.165) is 12.8 Å². The van der Waals surface area contributed by atoms with E-state index in [1.165, 1.54) is 0 Å². The molecule has 0 spiro atoms. The van der Waals surface area contributed by atoms with E-state index in [1.54, 1.807) is 12.1 Å². The molecule has 0 aliphatic heterocycles. The summed E-state index contributed by atoms with van der Waals surface area (Å²) < 4.78 is 0.641. The predicted molar refractivity (Wildman–Crippen MR) is 90.0 cm³/mol. The first-order chi connectivity index (χ1) is 9.88. The van der Waals surface area contributed by atoms with Gasteiger partial charge in [-0.2, -0.15) is 0 Å². The lowest BCUT2D eigenvalue weighted by Gasteiger charge is -2.27. The molecule has 1 fully saturated rings. The van der Waals surface area contributed by atoms with Crippen LogP contribution in [0.4, 0.5) is 0 Å². The van der Waals surface area contributed by atoms with Gasteiger partial charge in [-0.25, -0.2) is 0 Å². The number of benzene rings is 1. The fourth-order valence-electron chi connectivity index (χ4n) is 2.53. The summed E-state index contributed by atoms with van der Waals surface area (Å²) in [6.07, 6.45) is 2.73. The van der Waals surface area contributed by atoms with Crippen LogP contribution in [0.3, 0.4) is 0 Å². The Morgan fingerprint density at radius 3 is 2.67 bits per heavy atom. The summed E-state index contributed by atoms with van der Waals surface area (Å²) in [6, 6.07) is 3.03. The Kier molecular flexibility index (Phi) is 5.73. The largest absolute Gasteiger partial charge is 0.481 e. The summed E-state index contributed by atoms with van der Waals surface area (Å²) in [5, 5.41) is 12.8. The van der Waals surface area contributed by atoms with Crippen molar-refractivity contribution in [2.24, 2.45) is 5.92 Å². The number of hydrogen-bond donors (Lipinski definition) is 2. The molecule has 0 saturated heterocycles. The number of carbonyl (C=O) groups is 2. The third-order valence-electron chi connectivity index (χ3n) is 3.60. The van der Waals surface area contributed by atoms with E-state index in [9.17, 15) is 9.59 Å². The van der Waals surface area contributed by atoms with Gasteiger partial charge >= 0.3 is 5.97 Å². The van der Waals surface area contributed by atoms with Gasteiger partial charge in [0.05, 0.1) is 16.5 Å². The van der Waals surface area contributed by atoms with Gasteiger partial charge in [-0.05, 0) is 54.0 Å². The standard InChI is InChI=1S/C14H14Cl2INO3/c15-8-5-10(12(17)11(16)6-8)13(19)18-9-3-1-2-7(4-9)14(20)21/h5-7,9H,1-4H2,(H,18,19)(H,20,21). The van der Waals surface area contributed by atoms with Gasteiger partial charge in [-0.3, -0.25) is 9.59 Å². The van der Waals surface area contributed by atoms with Crippen LogP contribution in [0, 0.1) is 9.49 Å². The molecular formula is C14H14Cl2INO3. The molecule has 1 aromatic rings. The Morgan fingerprint density at radius 1 is 1.29 bits per heavy atom. The van der Waals surface area contributed by atoms with Crippen molar-refractivity contribution < 1.29 is 14.7 Å². The van der Waals surface area contributed by atoms with E-state index in [2.05, 4.69) is 5.32 Å². The minimum atomic E-state index is -0.797. The van der Waals surface area contributed by atoms with Crippen LogP contribution in [0.5, 0.6) is 0 Å². The maximum absolute atomic E-state index is 12.3. The third kappa shape index (κ3) is 4.23. The first-order valence-electron chi connectivity index (χ1n) is 6.56. The molecule has 114 valence electrons. The summed E-state index contributed by atoms with van der Waals surface area (Å²) in [5.41, 5.74) is 0.422. The van der Waals surface area contributed by atoms with Gasteiger partial charge in [0.1, 0.15) is 0 Å². The topological polar surface area (TPSA) is 66.4 Å². The Morgan fingerprint density at radius 2 is 2.00 bits per heavy atom. The molecule has 4 nitrogen and oxygen atoms in total. The van der Waals surface area contributed by atoms with Gasteiger partial charge in [0, 0.05) is 14.6 Å². The molecule has 0 bridgehead atoms. The zero-order valence-corrected chi connectivity index (χ0v) is 14.7. The quantitative estimate of drug-likeness (QED) is 0.550. The van der Waals surface area contributed by atoms with Crippen LogP contribution in [0.2, 0.25) is 10.0 Å². The third-order valence-corrected chi connectivity index (χ3v) is 5.59. The van der Waals surface area contributed by atoms with E-state index < -0.39 is 5.97 Å². The molecule has 0 radical (unpaired) electrons. The van der Waals surface area contributed by atoms with Crippen molar-refractivity contribution in [1.29, 1.82) is 0 Å². The molecule has 2 unspecified atom stereocenters. The lowest BCUT2D eigenvalue weighted by Crippen LogP contribution is -2.40. The van der Waals surface area contributed by atoms with E-state index in [4.69, 9.17) is 28.3 Å². The second-order valence-electron chi connectivity index (χ2n) is 5.12. The lowest BCUT2D eigenvalue weighted by atomic mass is 9.85. The average Bonchev–Trinajstić information content (AvgIpc) is 2.43. The van der Waals surface area contributed by atoms with Crippen LogP contribution in [0.1, 0.15) is 36.0 Å². The van der Waals surface area contributed by atoms with Gasteiger partial charge in [0.25, 0.3) is 5.91 Å². The first kappa shape index (κ1) is 16.8. The fourth-order valence-corrected chi connectivity index (χ4v) is 3.58. The van der Waals surface area contributed by atoms with E-state index in [-0.39, 0.29) is 17.9 Å². The molecule has 1 amide bonds. The van der Waals surface area contributed by atoms with Crippen molar-refractivity contribution >= 4 is 57.7 Å². The van der Waals surface area contributed by atoms with Gasteiger partial charge < -0.3 is 10.4 Å². The minimum absolute atomic E-state index is 0.124. The highest BCUT2D eigenvalue weighted by molar-refractivity contribution is 14.1. The highest BCUT2D eigenvalue weighted by atomic mass is 127. The van der Waals surface area contributed by atoms with Crippen molar-refractivity contribution in [1.82, 2.24) is 5.32 Å². The molecule has 0 aromatic heterocycles. The van der Waals surface area contributed by atoms with E-state index >= 15 is 0 Å². The van der Waals surface area contributed by atoms with Crippen LogP contribution in [0.25, 0.3) is 0 Å². The summed E-state index contributed by atoms with van der Waals surface area (Å²) in [6.45, 7) is 0. The highest BCUT2D eigenvalue weighted by Gasteiger charge is 2.28. The molecule has 2 rings (SSSR count). The number of amides is 1. The Bertz CT molecular complexity index is 580. The molecular weight excluding hydrogens is 428 g/mol. The monoisotopic (exact) mass is 441 g/mol. The number of carboxylic acids is 1. The number of halogens is 3. The van der Waals surface area contributed by atoms with Crippen LogP contribution in [0.15, 0.2) is 12.1 Å². The van der Waals surface area contributed by atoms with Gasteiger partial charge in [-0.15, -0.1) is 0 Å². The normalized spacial score (nSPS) is 21.9. The van der Waals surface area contributed by atoms with Gasteiger partial charge in [0.15, 0.2) is 0 Å². The van der Waals surface area contributed by atoms with Gasteiger partial charge in [-0.1, -0.05) is 29.6 Å². The summed E-state index contributed by atoms with van der Waals surface area (Å²) in [4.78, 5) is 23.4. The van der Waals surface area contributed by atoms with Crippen molar-refractivity contribution in [3.05, 3.63) is 31.3 Å². The molecule has 1 aromatic carbocycles.